The largest absolute Gasteiger partial charge is 0.333 e. The van der Waals surface area contributed by atoms with E-state index in [2.05, 4.69) is 0 Å². The normalized spacial score (nSPS) is 26.6. The Balaban J connectivity index is 1.46. The molecule has 0 bridgehead atoms. The van der Waals surface area contributed by atoms with E-state index in [0.717, 1.165) is 43.4 Å². The molecule has 5 nitrogen and oxygen atoms in total. The molecule has 4 rings (SSSR count). The predicted octanol–water partition coefficient (Wildman–Crippen LogP) is 2.41. The van der Waals surface area contributed by atoms with E-state index in [9.17, 15) is 14.4 Å². The molecule has 1 aliphatic heterocycles. The Morgan fingerprint density at radius 1 is 1.12 bits per heavy atom. The lowest BCUT2D eigenvalue weighted by Gasteiger charge is -2.24. The number of thiophene rings is 1. The number of hydrogen-bond acceptors (Lipinski definition) is 4. The van der Waals surface area contributed by atoms with Gasteiger partial charge in [0.25, 0.3) is 0 Å². The van der Waals surface area contributed by atoms with Crippen LogP contribution in [0.1, 0.15) is 43.4 Å². The van der Waals surface area contributed by atoms with Crippen molar-refractivity contribution in [3.05, 3.63) is 22.4 Å². The minimum absolute atomic E-state index is 0.0768. The maximum atomic E-state index is 12.8. The second kappa shape index (κ2) is 6.31. The molecule has 0 spiro atoms. The summed E-state index contributed by atoms with van der Waals surface area (Å²) in [6.07, 6.45) is 5.64. The third-order valence-corrected chi connectivity index (χ3v) is 6.30. The van der Waals surface area contributed by atoms with E-state index in [4.69, 9.17) is 0 Å². The standard InChI is InChI=1S/C18H22N2O3S/c21-16(19(12-7-8-12)10-13-4-3-9-24-13)11-20-17(22)14-5-1-2-6-15(14)18(20)23/h3-4,9,12,14-15H,1-2,5-8,10-11H2/t14-,15+. The zero-order valence-corrected chi connectivity index (χ0v) is 14.5. The third kappa shape index (κ3) is 2.88. The molecular formula is C18H22N2O3S. The average molecular weight is 346 g/mol. The summed E-state index contributed by atoms with van der Waals surface area (Å²) < 4.78 is 0. The number of rotatable bonds is 5. The fourth-order valence-electron chi connectivity index (χ4n) is 3.99. The number of carbonyl (C=O) groups excluding carboxylic acids is 3. The summed E-state index contributed by atoms with van der Waals surface area (Å²) in [5.74, 6) is -0.683. The number of likely N-dealkylation sites (tertiary alicyclic amines) is 1. The van der Waals surface area contributed by atoms with Crippen molar-refractivity contribution in [1.29, 1.82) is 0 Å². The molecule has 24 heavy (non-hydrogen) atoms. The molecule has 128 valence electrons. The van der Waals surface area contributed by atoms with Crippen LogP contribution in [0.3, 0.4) is 0 Å². The van der Waals surface area contributed by atoms with E-state index in [-0.39, 0.29) is 42.1 Å². The minimum Gasteiger partial charge on any atom is -0.333 e. The number of nitrogens with zero attached hydrogens (tertiary/aromatic N) is 2. The highest BCUT2D eigenvalue weighted by Gasteiger charge is 2.49. The van der Waals surface area contributed by atoms with E-state index in [1.165, 1.54) is 4.90 Å². The average Bonchev–Trinajstić information content (AvgIpc) is 3.25. The van der Waals surface area contributed by atoms with Crippen LogP contribution in [0.25, 0.3) is 0 Å². The van der Waals surface area contributed by atoms with Gasteiger partial charge < -0.3 is 4.90 Å². The van der Waals surface area contributed by atoms with Crippen LogP contribution in [0.15, 0.2) is 17.5 Å². The van der Waals surface area contributed by atoms with E-state index >= 15 is 0 Å². The first-order valence-corrected chi connectivity index (χ1v) is 9.70. The molecule has 1 saturated heterocycles. The Kier molecular flexibility index (Phi) is 4.16. The van der Waals surface area contributed by atoms with E-state index in [0.29, 0.717) is 6.54 Å². The van der Waals surface area contributed by atoms with Gasteiger partial charge in [0.15, 0.2) is 0 Å². The molecule has 2 saturated carbocycles. The van der Waals surface area contributed by atoms with Crippen molar-refractivity contribution in [3.63, 3.8) is 0 Å². The molecule has 0 radical (unpaired) electrons. The van der Waals surface area contributed by atoms with Crippen molar-refractivity contribution in [3.8, 4) is 0 Å². The lowest BCUT2D eigenvalue weighted by molar-refractivity contribution is -0.147. The number of carbonyl (C=O) groups is 3. The molecule has 2 atom stereocenters. The van der Waals surface area contributed by atoms with Crippen molar-refractivity contribution >= 4 is 29.1 Å². The van der Waals surface area contributed by atoms with Gasteiger partial charge in [0.1, 0.15) is 6.54 Å². The molecule has 0 N–H and O–H groups in total. The monoisotopic (exact) mass is 346 g/mol. The van der Waals surface area contributed by atoms with Crippen molar-refractivity contribution in [2.24, 2.45) is 11.8 Å². The topological polar surface area (TPSA) is 57.7 Å². The van der Waals surface area contributed by atoms with E-state index < -0.39 is 0 Å². The Morgan fingerprint density at radius 3 is 2.33 bits per heavy atom. The lowest BCUT2D eigenvalue weighted by atomic mass is 9.81. The summed E-state index contributed by atoms with van der Waals surface area (Å²) in [7, 11) is 0. The Labute approximate surface area is 145 Å². The Hall–Kier alpha value is -1.69. The van der Waals surface area contributed by atoms with Crippen LogP contribution in [-0.2, 0) is 20.9 Å². The molecule has 1 aromatic rings. The molecule has 0 aromatic carbocycles. The van der Waals surface area contributed by atoms with Gasteiger partial charge in [0.2, 0.25) is 17.7 Å². The highest BCUT2D eigenvalue weighted by Crippen LogP contribution is 2.38. The molecule has 2 aliphatic carbocycles. The zero-order chi connectivity index (χ0) is 16.7. The second-order valence-corrected chi connectivity index (χ2v) is 8.12. The van der Waals surface area contributed by atoms with Crippen LogP contribution >= 0.6 is 11.3 Å². The number of hydrogen-bond donors (Lipinski definition) is 0. The Morgan fingerprint density at radius 2 is 1.79 bits per heavy atom. The first kappa shape index (κ1) is 15.8. The van der Waals surface area contributed by atoms with Crippen molar-refractivity contribution < 1.29 is 14.4 Å². The predicted molar refractivity (Wildman–Crippen MR) is 90.1 cm³/mol. The van der Waals surface area contributed by atoms with Crippen molar-refractivity contribution in [2.75, 3.05) is 6.54 Å². The van der Waals surface area contributed by atoms with Gasteiger partial charge in [-0.25, -0.2) is 0 Å². The van der Waals surface area contributed by atoms with Crippen LogP contribution in [0.2, 0.25) is 0 Å². The van der Waals surface area contributed by atoms with Gasteiger partial charge in [0, 0.05) is 10.9 Å². The third-order valence-electron chi connectivity index (χ3n) is 5.44. The van der Waals surface area contributed by atoms with E-state index in [1.54, 1.807) is 11.3 Å². The molecular weight excluding hydrogens is 324 g/mol. The molecule has 2 heterocycles. The van der Waals surface area contributed by atoms with Gasteiger partial charge in [-0.3, -0.25) is 19.3 Å². The maximum Gasteiger partial charge on any atom is 0.243 e. The number of imide groups is 1. The van der Waals surface area contributed by atoms with Crippen molar-refractivity contribution in [2.45, 2.75) is 51.1 Å². The lowest BCUT2D eigenvalue weighted by Crippen LogP contribution is -2.43. The zero-order valence-electron chi connectivity index (χ0n) is 13.6. The SMILES string of the molecule is O=C1[C@H]2CCCC[C@H]2C(=O)N1CC(=O)N(Cc1cccs1)C1CC1. The smallest absolute Gasteiger partial charge is 0.243 e. The number of fused-ring (bicyclic) bond motifs is 1. The molecule has 3 amide bonds. The molecule has 3 fully saturated rings. The van der Waals surface area contributed by atoms with Gasteiger partial charge in [-0.15, -0.1) is 11.3 Å². The van der Waals surface area contributed by atoms with Crippen LogP contribution in [0, 0.1) is 11.8 Å². The van der Waals surface area contributed by atoms with Crippen LogP contribution in [0.5, 0.6) is 0 Å². The fraction of sp³-hybridized carbons (Fsp3) is 0.611. The summed E-state index contributed by atoms with van der Waals surface area (Å²) in [5, 5.41) is 2.00. The van der Waals surface area contributed by atoms with Crippen molar-refractivity contribution in [1.82, 2.24) is 9.80 Å². The summed E-state index contributed by atoms with van der Waals surface area (Å²) in [5.41, 5.74) is 0. The summed E-state index contributed by atoms with van der Waals surface area (Å²) in [4.78, 5) is 42.1. The van der Waals surface area contributed by atoms with Crippen LogP contribution in [0.4, 0.5) is 0 Å². The highest BCUT2D eigenvalue weighted by atomic mass is 32.1. The van der Waals surface area contributed by atoms with Gasteiger partial charge >= 0.3 is 0 Å². The minimum atomic E-state index is -0.175. The van der Waals surface area contributed by atoms with Crippen LogP contribution < -0.4 is 0 Å². The molecule has 0 unspecified atom stereocenters. The summed E-state index contributed by atoms with van der Waals surface area (Å²) in [6, 6.07) is 4.27. The molecule has 6 heteroatoms. The summed E-state index contributed by atoms with van der Waals surface area (Å²) in [6.45, 7) is 0.511. The summed E-state index contributed by atoms with van der Waals surface area (Å²) >= 11 is 1.63. The quantitative estimate of drug-likeness (QED) is 0.770. The maximum absolute atomic E-state index is 12.8. The van der Waals surface area contributed by atoms with E-state index in [1.807, 2.05) is 22.4 Å². The highest BCUT2D eigenvalue weighted by molar-refractivity contribution is 7.09. The fourth-order valence-corrected chi connectivity index (χ4v) is 4.69. The van der Waals surface area contributed by atoms with Gasteiger partial charge in [-0.05, 0) is 37.1 Å². The second-order valence-electron chi connectivity index (χ2n) is 7.09. The number of amides is 3. The van der Waals surface area contributed by atoms with Gasteiger partial charge in [-0.2, -0.15) is 0 Å². The molecule has 3 aliphatic rings. The Bertz CT molecular complexity index is 629. The van der Waals surface area contributed by atoms with Gasteiger partial charge in [-0.1, -0.05) is 18.9 Å². The molecule has 1 aromatic heterocycles. The van der Waals surface area contributed by atoms with Gasteiger partial charge in [0.05, 0.1) is 18.4 Å². The first-order chi connectivity index (χ1) is 11.6. The van der Waals surface area contributed by atoms with Crippen LogP contribution in [-0.4, -0.2) is 40.1 Å². The first-order valence-electron chi connectivity index (χ1n) is 8.82.